The Morgan fingerprint density at radius 3 is 2.13 bits per heavy atom. The fourth-order valence-electron chi connectivity index (χ4n) is 4.66. The van der Waals surface area contributed by atoms with Crippen molar-refractivity contribution in [2.75, 3.05) is 17.2 Å². The molecule has 1 atom stereocenters. The molecule has 2 aromatic carbocycles. The Labute approximate surface area is 224 Å². The number of hydrogen-bond donors (Lipinski definition) is 2. The molecule has 0 radical (unpaired) electrons. The van der Waals surface area contributed by atoms with Crippen LogP contribution in [-0.2, 0) is 19.8 Å². The summed E-state index contributed by atoms with van der Waals surface area (Å²) in [6.45, 7) is 17.8. The maximum Gasteiger partial charge on any atom is 0.412 e. The Kier molecular flexibility index (Phi) is 8.33. The second-order valence-corrected chi connectivity index (χ2v) is 12.2. The molecule has 206 valence electrons. The van der Waals surface area contributed by atoms with E-state index in [4.69, 9.17) is 9.47 Å². The molecule has 3 aromatic rings. The van der Waals surface area contributed by atoms with E-state index in [0.29, 0.717) is 17.2 Å². The first-order valence-electron chi connectivity index (χ1n) is 12.8. The highest BCUT2D eigenvalue weighted by molar-refractivity contribution is 5.98. The summed E-state index contributed by atoms with van der Waals surface area (Å²) in [6.07, 6.45) is 0.148. The fraction of sp³-hybridized carbons (Fsp3) is 0.536. The molecule has 10 nitrogen and oxygen atoms in total. The average Bonchev–Trinajstić information content (AvgIpc) is 3.25. The van der Waals surface area contributed by atoms with E-state index in [2.05, 4.69) is 46.9 Å². The van der Waals surface area contributed by atoms with Gasteiger partial charge in [0.25, 0.3) is 0 Å². The number of nitrogens with zero attached hydrogens (tertiary/aromatic N) is 4. The number of hydrogen-bond acceptors (Lipinski definition) is 8. The minimum atomic E-state index is -1.04. The molecular weight excluding hydrogens is 484 g/mol. The first kappa shape index (κ1) is 28.9. The number of carbonyl (C=O) groups excluding carboxylic acids is 2. The zero-order valence-corrected chi connectivity index (χ0v) is 23.9. The number of carbonyl (C=O) groups is 2. The van der Waals surface area contributed by atoms with Crippen LogP contribution >= 0.6 is 0 Å². The molecular formula is C28H40N6O4. The molecule has 10 heteroatoms. The van der Waals surface area contributed by atoms with Crippen LogP contribution in [0, 0.1) is 5.41 Å². The van der Waals surface area contributed by atoms with Crippen molar-refractivity contribution < 1.29 is 19.1 Å². The van der Waals surface area contributed by atoms with Gasteiger partial charge in [-0.15, -0.1) is 5.10 Å². The quantitative estimate of drug-likeness (QED) is 0.341. The number of tetrazole rings is 1. The maximum atomic E-state index is 13.3. The highest BCUT2D eigenvalue weighted by Crippen LogP contribution is 2.35. The Balaban J connectivity index is 2.09. The van der Waals surface area contributed by atoms with Crippen molar-refractivity contribution in [3.63, 3.8) is 0 Å². The fourth-order valence-corrected chi connectivity index (χ4v) is 4.66. The predicted octanol–water partition coefficient (Wildman–Crippen LogP) is 6.06. The average molecular weight is 525 g/mol. The van der Waals surface area contributed by atoms with Crippen molar-refractivity contribution in [2.24, 2.45) is 5.41 Å². The first-order chi connectivity index (χ1) is 17.6. The van der Waals surface area contributed by atoms with E-state index >= 15 is 0 Å². The highest BCUT2D eigenvalue weighted by atomic mass is 16.6. The molecule has 38 heavy (non-hydrogen) atoms. The summed E-state index contributed by atoms with van der Waals surface area (Å²) < 4.78 is 12.6. The SMILES string of the molecule is CCOC(=O)C(Nc1cc2ccccc2cc1NC(=O)OC(C)(C)C)c1nnnn1C(C)(C)CC(C)(C)C. The molecule has 3 rings (SSSR count). The lowest BCUT2D eigenvalue weighted by atomic mass is 9.82. The van der Waals surface area contributed by atoms with Crippen molar-refractivity contribution in [3.05, 3.63) is 42.2 Å². The molecule has 1 unspecified atom stereocenters. The van der Waals surface area contributed by atoms with Crippen molar-refractivity contribution in [3.8, 4) is 0 Å². The van der Waals surface area contributed by atoms with Crippen LogP contribution in [0.5, 0.6) is 0 Å². The number of fused-ring (bicyclic) bond motifs is 1. The molecule has 0 aliphatic rings. The summed E-state index contributed by atoms with van der Waals surface area (Å²) in [5.41, 5.74) is -0.244. The number of anilines is 2. The van der Waals surface area contributed by atoms with Gasteiger partial charge in [0.15, 0.2) is 11.9 Å². The molecule has 0 bridgehead atoms. The summed E-state index contributed by atoms with van der Waals surface area (Å²) in [5.74, 6) is -0.222. The second-order valence-electron chi connectivity index (χ2n) is 12.2. The van der Waals surface area contributed by atoms with Gasteiger partial charge in [-0.1, -0.05) is 45.0 Å². The summed E-state index contributed by atoms with van der Waals surface area (Å²) >= 11 is 0. The van der Waals surface area contributed by atoms with Crippen LogP contribution in [0.25, 0.3) is 10.8 Å². The molecule has 0 aliphatic heterocycles. The van der Waals surface area contributed by atoms with E-state index in [1.165, 1.54) is 0 Å². The Hall–Kier alpha value is -3.69. The number of benzene rings is 2. The van der Waals surface area contributed by atoms with Gasteiger partial charge in [-0.05, 0) is 86.7 Å². The van der Waals surface area contributed by atoms with E-state index in [0.717, 1.165) is 17.2 Å². The first-order valence-corrected chi connectivity index (χ1v) is 12.8. The summed E-state index contributed by atoms with van der Waals surface area (Å²) in [5, 5.41) is 20.3. The van der Waals surface area contributed by atoms with Crippen LogP contribution < -0.4 is 10.6 Å². The third-order valence-electron chi connectivity index (χ3n) is 5.63. The lowest BCUT2D eigenvalue weighted by molar-refractivity contribution is -0.144. The minimum absolute atomic E-state index is 0.0115. The van der Waals surface area contributed by atoms with Gasteiger partial charge < -0.3 is 14.8 Å². The zero-order valence-electron chi connectivity index (χ0n) is 23.9. The van der Waals surface area contributed by atoms with Crippen LogP contribution in [0.15, 0.2) is 36.4 Å². The monoisotopic (exact) mass is 524 g/mol. The topological polar surface area (TPSA) is 120 Å². The number of rotatable bonds is 8. The van der Waals surface area contributed by atoms with E-state index in [1.54, 1.807) is 32.4 Å². The van der Waals surface area contributed by atoms with Gasteiger partial charge in [0.05, 0.1) is 23.5 Å². The number of aromatic nitrogens is 4. The molecule has 1 heterocycles. The maximum absolute atomic E-state index is 13.3. The predicted molar refractivity (Wildman–Crippen MR) is 148 cm³/mol. The van der Waals surface area contributed by atoms with E-state index in [1.807, 2.05) is 50.2 Å². The second kappa shape index (κ2) is 11.0. The van der Waals surface area contributed by atoms with Crippen LogP contribution in [0.2, 0.25) is 0 Å². The van der Waals surface area contributed by atoms with Crippen LogP contribution in [-0.4, -0.2) is 44.5 Å². The van der Waals surface area contributed by atoms with Crippen molar-refractivity contribution in [2.45, 2.75) is 85.9 Å². The number of amides is 1. The third kappa shape index (κ3) is 7.43. The summed E-state index contributed by atoms with van der Waals surface area (Å²) in [4.78, 5) is 26.0. The smallest absolute Gasteiger partial charge is 0.412 e. The highest BCUT2D eigenvalue weighted by Gasteiger charge is 2.36. The summed E-state index contributed by atoms with van der Waals surface area (Å²) in [6, 6.07) is 10.4. The summed E-state index contributed by atoms with van der Waals surface area (Å²) in [7, 11) is 0. The van der Waals surface area contributed by atoms with E-state index in [9.17, 15) is 9.59 Å². The lowest BCUT2D eigenvalue weighted by Crippen LogP contribution is -2.37. The Morgan fingerprint density at radius 2 is 1.58 bits per heavy atom. The molecule has 1 aromatic heterocycles. The standard InChI is InChI=1S/C28H40N6O4/c1-10-37-24(35)22(23-31-32-33-34(23)28(8,9)17-26(2,3)4)29-20-15-18-13-11-12-14-19(18)16-21(20)30-25(36)38-27(5,6)7/h11-16,22,29H,10,17H2,1-9H3,(H,30,36). The largest absolute Gasteiger partial charge is 0.464 e. The normalized spacial score (nSPS) is 13.2. The van der Waals surface area contributed by atoms with Gasteiger partial charge in [0.2, 0.25) is 0 Å². The number of esters is 1. The molecule has 0 saturated heterocycles. The van der Waals surface area contributed by atoms with Crippen LogP contribution in [0.1, 0.15) is 80.6 Å². The van der Waals surface area contributed by atoms with Crippen LogP contribution in [0.4, 0.5) is 16.2 Å². The van der Waals surface area contributed by atoms with E-state index < -0.39 is 29.2 Å². The Morgan fingerprint density at radius 1 is 0.974 bits per heavy atom. The van der Waals surface area contributed by atoms with Gasteiger partial charge in [0.1, 0.15) is 5.60 Å². The Bertz CT molecular complexity index is 1290. The third-order valence-corrected chi connectivity index (χ3v) is 5.63. The van der Waals surface area contributed by atoms with Gasteiger partial charge >= 0.3 is 12.1 Å². The van der Waals surface area contributed by atoms with Crippen molar-refractivity contribution in [1.29, 1.82) is 0 Å². The van der Waals surface area contributed by atoms with Gasteiger partial charge in [-0.25, -0.2) is 14.3 Å². The van der Waals surface area contributed by atoms with Crippen molar-refractivity contribution >= 4 is 34.2 Å². The van der Waals surface area contributed by atoms with Gasteiger partial charge in [-0.3, -0.25) is 5.32 Å². The van der Waals surface area contributed by atoms with Gasteiger partial charge in [-0.2, -0.15) is 0 Å². The zero-order chi connectivity index (χ0) is 28.3. The van der Waals surface area contributed by atoms with Crippen LogP contribution in [0.3, 0.4) is 0 Å². The number of ether oxygens (including phenoxy) is 2. The molecule has 0 fully saturated rings. The molecule has 1 amide bonds. The van der Waals surface area contributed by atoms with E-state index in [-0.39, 0.29) is 12.0 Å². The minimum Gasteiger partial charge on any atom is -0.464 e. The molecule has 0 aliphatic carbocycles. The molecule has 0 saturated carbocycles. The number of nitrogens with one attached hydrogen (secondary N) is 2. The van der Waals surface area contributed by atoms with Crippen molar-refractivity contribution in [1.82, 2.24) is 20.2 Å². The van der Waals surface area contributed by atoms with Gasteiger partial charge in [0, 0.05) is 0 Å². The molecule has 0 spiro atoms. The lowest BCUT2D eigenvalue weighted by Gasteiger charge is -2.33. The molecule has 2 N–H and O–H groups in total.